The second kappa shape index (κ2) is 8.13. The van der Waals surface area contributed by atoms with Gasteiger partial charge in [0.15, 0.2) is 0 Å². The molecule has 1 aliphatic rings. The summed E-state index contributed by atoms with van der Waals surface area (Å²) in [4.78, 5) is 16.7. The zero-order chi connectivity index (χ0) is 20.4. The molecule has 0 fully saturated rings. The molecule has 150 valence electrons. The molecule has 7 heteroatoms. The second-order valence-electron chi connectivity index (χ2n) is 6.85. The number of carboxylic acids is 1. The molecule has 2 heterocycles. The second-order valence-corrected chi connectivity index (χ2v) is 7.93. The van der Waals surface area contributed by atoms with E-state index in [1.807, 2.05) is 49.4 Å². The normalized spacial score (nSPS) is 14.9. The number of aliphatic carboxylic acids is 1. The van der Waals surface area contributed by atoms with Gasteiger partial charge in [-0.1, -0.05) is 6.07 Å². The summed E-state index contributed by atoms with van der Waals surface area (Å²) < 4.78 is 16.8. The molecule has 6 nitrogen and oxygen atoms in total. The number of aromatic nitrogens is 1. The van der Waals surface area contributed by atoms with Crippen molar-refractivity contribution in [2.75, 3.05) is 13.7 Å². The SMILES string of the molecule is COc1ccc(-c2nc(C)c(COc3ccc4c(c3)OCC4CC(=O)O)s2)cc1. The summed E-state index contributed by atoms with van der Waals surface area (Å²) in [6.45, 7) is 2.78. The van der Waals surface area contributed by atoms with Crippen molar-refractivity contribution in [1.29, 1.82) is 0 Å². The van der Waals surface area contributed by atoms with E-state index >= 15 is 0 Å². The van der Waals surface area contributed by atoms with Gasteiger partial charge in [0.2, 0.25) is 0 Å². The highest BCUT2D eigenvalue weighted by molar-refractivity contribution is 7.15. The summed E-state index contributed by atoms with van der Waals surface area (Å²) in [6.07, 6.45) is 0.0708. The Kier molecular flexibility index (Phi) is 5.40. The van der Waals surface area contributed by atoms with Gasteiger partial charge in [-0.05, 0) is 37.3 Å². The van der Waals surface area contributed by atoms with Crippen molar-refractivity contribution in [3.8, 4) is 27.8 Å². The fourth-order valence-electron chi connectivity index (χ4n) is 3.29. The van der Waals surface area contributed by atoms with Crippen LogP contribution in [0.1, 0.15) is 28.5 Å². The Morgan fingerprint density at radius 2 is 2.00 bits per heavy atom. The maximum Gasteiger partial charge on any atom is 0.304 e. The number of aryl methyl sites for hydroxylation is 1. The number of carbonyl (C=O) groups is 1. The summed E-state index contributed by atoms with van der Waals surface area (Å²) in [5.41, 5.74) is 2.91. The maximum absolute atomic E-state index is 11.0. The zero-order valence-corrected chi connectivity index (χ0v) is 17.0. The lowest BCUT2D eigenvalue weighted by Crippen LogP contribution is -2.07. The molecule has 29 heavy (non-hydrogen) atoms. The number of carboxylic acid groups (broad SMARTS) is 1. The molecular weight excluding hydrogens is 390 g/mol. The van der Waals surface area contributed by atoms with E-state index in [9.17, 15) is 4.79 Å². The summed E-state index contributed by atoms with van der Waals surface area (Å²) in [5.74, 6) is 1.29. The molecule has 0 amide bonds. The van der Waals surface area contributed by atoms with Crippen LogP contribution in [0.5, 0.6) is 17.2 Å². The molecule has 1 aromatic heterocycles. The van der Waals surface area contributed by atoms with Gasteiger partial charge >= 0.3 is 5.97 Å². The van der Waals surface area contributed by atoms with Crippen molar-refractivity contribution in [3.63, 3.8) is 0 Å². The predicted molar refractivity (Wildman–Crippen MR) is 110 cm³/mol. The van der Waals surface area contributed by atoms with Gasteiger partial charge in [-0.25, -0.2) is 4.98 Å². The minimum atomic E-state index is -0.819. The van der Waals surface area contributed by atoms with E-state index in [4.69, 9.17) is 19.3 Å². The molecule has 1 unspecified atom stereocenters. The van der Waals surface area contributed by atoms with E-state index in [1.165, 1.54) is 0 Å². The first-order valence-electron chi connectivity index (χ1n) is 9.25. The van der Waals surface area contributed by atoms with Gasteiger partial charge in [0.05, 0.1) is 30.7 Å². The average Bonchev–Trinajstić information content (AvgIpc) is 3.29. The highest BCUT2D eigenvalue weighted by atomic mass is 32.1. The molecule has 0 saturated carbocycles. The largest absolute Gasteiger partial charge is 0.497 e. The minimum Gasteiger partial charge on any atom is -0.497 e. The molecule has 4 rings (SSSR count). The third kappa shape index (κ3) is 4.19. The van der Waals surface area contributed by atoms with Crippen LogP contribution < -0.4 is 14.2 Å². The lowest BCUT2D eigenvalue weighted by Gasteiger charge is -2.08. The van der Waals surface area contributed by atoms with Gasteiger partial charge < -0.3 is 19.3 Å². The van der Waals surface area contributed by atoms with E-state index in [0.717, 1.165) is 32.5 Å². The number of benzene rings is 2. The molecule has 0 aliphatic carbocycles. The standard InChI is InChI=1S/C22H21NO5S/c1-13-20(29-22(23-13)14-3-5-16(26-2)6-4-14)12-27-17-7-8-18-15(9-21(24)25)11-28-19(18)10-17/h3-8,10,15H,9,11-12H2,1-2H3,(H,24,25). The lowest BCUT2D eigenvalue weighted by molar-refractivity contribution is -0.137. The highest BCUT2D eigenvalue weighted by Crippen LogP contribution is 2.38. The fraction of sp³-hybridized carbons (Fsp3) is 0.273. The number of nitrogens with zero attached hydrogens (tertiary/aromatic N) is 1. The molecule has 0 saturated heterocycles. The average molecular weight is 411 g/mol. The number of rotatable bonds is 7. The topological polar surface area (TPSA) is 77.9 Å². The van der Waals surface area contributed by atoms with Crippen LogP contribution in [0.15, 0.2) is 42.5 Å². The van der Waals surface area contributed by atoms with E-state index in [1.54, 1.807) is 18.4 Å². The summed E-state index contributed by atoms with van der Waals surface area (Å²) in [5, 5.41) is 9.95. The Bertz CT molecular complexity index is 1030. The van der Waals surface area contributed by atoms with E-state index in [2.05, 4.69) is 4.98 Å². The molecular formula is C22H21NO5S. The third-order valence-corrected chi connectivity index (χ3v) is 6.07. The lowest BCUT2D eigenvalue weighted by atomic mass is 9.98. The van der Waals surface area contributed by atoms with Crippen molar-refractivity contribution < 1.29 is 24.1 Å². The molecule has 2 aromatic carbocycles. The zero-order valence-electron chi connectivity index (χ0n) is 16.2. The van der Waals surface area contributed by atoms with E-state index in [-0.39, 0.29) is 12.3 Å². The van der Waals surface area contributed by atoms with Crippen LogP contribution in [-0.2, 0) is 11.4 Å². The van der Waals surface area contributed by atoms with Gasteiger partial charge in [-0.2, -0.15) is 0 Å². The van der Waals surface area contributed by atoms with Crippen LogP contribution >= 0.6 is 11.3 Å². The first-order valence-corrected chi connectivity index (χ1v) is 10.1. The van der Waals surface area contributed by atoms with Gasteiger partial charge in [0.25, 0.3) is 0 Å². The minimum absolute atomic E-state index is 0.0708. The Morgan fingerprint density at radius 3 is 2.72 bits per heavy atom. The third-order valence-electron chi connectivity index (χ3n) is 4.89. The van der Waals surface area contributed by atoms with Crippen LogP contribution in [0.25, 0.3) is 10.6 Å². The van der Waals surface area contributed by atoms with Gasteiger partial charge in [0.1, 0.15) is 28.9 Å². The molecule has 0 radical (unpaired) electrons. The monoisotopic (exact) mass is 411 g/mol. The van der Waals surface area contributed by atoms with Gasteiger partial charge in [-0.15, -0.1) is 11.3 Å². The molecule has 0 spiro atoms. The Hall–Kier alpha value is -3.06. The van der Waals surface area contributed by atoms with Crippen LogP contribution in [0.2, 0.25) is 0 Å². The van der Waals surface area contributed by atoms with Crippen molar-refractivity contribution in [3.05, 3.63) is 58.6 Å². The summed E-state index contributed by atoms with van der Waals surface area (Å²) in [7, 11) is 1.65. The van der Waals surface area contributed by atoms with Crippen LogP contribution in [0.4, 0.5) is 0 Å². The Labute approximate surface area is 172 Å². The van der Waals surface area contributed by atoms with Crippen molar-refractivity contribution in [1.82, 2.24) is 4.98 Å². The van der Waals surface area contributed by atoms with Crippen LogP contribution in [-0.4, -0.2) is 29.8 Å². The molecule has 1 aliphatic heterocycles. The number of hydrogen-bond acceptors (Lipinski definition) is 6. The molecule has 1 atom stereocenters. The Balaban J connectivity index is 1.44. The van der Waals surface area contributed by atoms with Crippen molar-refractivity contribution >= 4 is 17.3 Å². The van der Waals surface area contributed by atoms with Gasteiger partial charge in [0, 0.05) is 23.1 Å². The molecule has 1 N–H and O–H groups in total. The first-order chi connectivity index (χ1) is 14.0. The fourth-order valence-corrected chi connectivity index (χ4v) is 4.28. The summed E-state index contributed by atoms with van der Waals surface area (Å²) in [6, 6.07) is 13.4. The summed E-state index contributed by atoms with van der Waals surface area (Å²) >= 11 is 1.60. The first kappa shape index (κ1) is 19.3. The highest BCUT2D eigenvalue weighted by Gasteiger charge is 2.26. The van der Waals surface area contributed by atoms with E-state index < -0.39 is 5.97 Å². The smallest absolute Gasteiger partial charge is 0.304 e. The number of hydrogen-bond donors (Lipinski definition) is 1. The molecule has 3 aromatic rings. The Morgan fingerprint density at radius 1 is 1.24 bits per heavy atom. The quantitative estimate of drug-likeness (QED) is 0.609. The van der Waals surface area contributed by atoms with E-state index in [0.29, 0.717) is 24.7 Å². The number of thiazole rings is 1. The number of fused-ring (bicyclic) bond motifs is 1. The predicted octanol–water partition coefficient (Wildman–Crippen LogP) is 4.66. The van der Waals surface area contributed by atoms with Gasteiger partial charge in [-0.3, -0.25) is 4.79 Å². The van der Waals surface area contributed by atoms with Crippen LogP contribution in [0, 0.1) is 6.92 Å². The number of ether oxygens (including phenoxy) is 3. The number of methoxy groups -OCH3 is 1. The maximum atomic E-state index is 11.0. The van der Waals surface area contributed by atoms with Crippen molar-refractivity contribution in [2.45, 2.75) is 25.9 Å². The van der Waals surface area contributed by atoms with Crippen LogP contribution in [0.3, 0.4) is 0 Å². The van der Waals surface area contributed by atoms with Crippen molar-refractivity contribution in [2.24, 2.45) is 0 Å². The molecule has 0 bridgehead atoms.